The third kappa shape index (κ3) is 3.52. The molecule has 0 bridgehead atoms. The summed E-state index contributed by atoms with van der Waals surface area (Å²) in [4.78, 5) is 0. The van der Waals surface area contributed by atoms with E-state index in [4.69, 9.17) is 0 Å². The van der Waals surface area contributed by atoms with Crippen molar-refractivity contribution in [1.82, 2.24) is 5.32 Å². The van der Waals surface area contributed by atoms with E-state index in [0.717, 1.165) is 22.8 Å². The standard InChI is InChI=1S/C16H25NS/c1-12-9-13(2)16(15(10-12)17-3)18-11-14-7-5-4-6-8-14/h4-8,12-13,15-17H,9-11H2,1-3H3. The lowest BCUT2D eigenvalue weighted by Gasteiger charge is -2.39. The van der Waals surface area contributed by atoms with E-state index < -0.39 is 0 Å². The summed E-state index contributed by atoms with van der Waals surface area (Å²) in [6.45, 7) is 4.81. The molecule has 1 aromatic carbocycles. The van der Waals surface area contributed by atoms with Crippen LogP contribution in [0.25, 0.3) is 0 Å². The smallest absolute Gasteiger partial charge is 0.0230 e. The molecule has 0 radical (unpaired) electrons. The maximum absolute atomic E-state index is 3.53. The number of hydrogen-bond donors (Lipinski definition) is 1. The van der Waals surface area contributed by atoms with E-state index in [1.807, 2.05) is 0 Å². The minimum atomic E-state index is 0.678. The highest BCUT2D eigenvalue weighted by Gasteiger charge is 2.33. The normalized spacial score (nSPS) is 32.4. The van der Waals surface area contributed by atoms with Gasteiger partial charge in [-0.05, 0) is 37.3 Å². The van der Waals surface area contributed by atoms with Crippen molar-refractivity contribution in [3.63, 3.8) is 0 Å². The molecular weight excluding hydrogens is 238 g/mol. The summed E-state index contributed by atoms with van der Waals surface area (Å²) < 4.78 is 0. The lowest BCUT2D eigenvalue weighted by Crippen LogP contribution is -2.44. The fraction of sp³-hybridized carbons (Fsp3) is 0.625. The molecule has 0 saturated heterocycles. The first-order valence-electron chi connectivity index (χ1n) is 7.03. The highest BCUT2D eigenvalue weighted by atomic mass is 32.2. The van der Waals surface area contributed by atoms with Crippen molar-refractivity contribution in [3.8, 4) is 0 Å². The maximum Gasteiger partial charge on any atom is 0.0230 e. The first-order valence-corrected chi connectivity index (χ1v) is 8.08. The van der Waals surface area contributed by atoms with Crippen LogP contribution < -0.4 is 5.32 Å². The molecule has 1 fully saturated rings. The number of benzene rings is 1. The van der Waals surface area contributed by atoms with Crippen molar-refractivity contribution in [2.45, 2.75) is 43.7 Å². The third-order valence-electron chi connectivity index (χ3n) is 4.04. The molecule has 1 aliphatic carbocycles. The third-order valence-corrected chi connectivity index (χ3v) is 5.72. The molecule has 0 spiro atoms. The van der Waals surface area contributed by atoms with Crippen LogP contribution in [-0.2, 0) is 5.75 Å². The molecule has 1 saturated carbocycles. The molecule has 4 atom stereocenters. The van der Waals surface area contributed by atoms with E-state index in [9.17, 15) is 0 Å². The van der Waals surface area contributed by atoms with E-state index in [2.05, 4.69) is 68.3 Å². The fourth-order valence-corrected chi connectivity index (χ4v) is 4.65. The van der Waals surface area contributed by atoms with Gasteiger partial charge >= 0.3 is 0 Å². The first kappa shape index (κ1) is 14.0. The van der Waals surface area contributed by atoms with Crippen molar-refractivity contribution < 1.29 is 0 Å². The lowest BCUT2D eigenvalue weighted by molar-refractivity contribution is 0.257. The molecule has 2 rings (SSSR count). The van der Waals surface area contributed by atoms with Gasteiger partial charge in [-0.3, -0.25) is 0 Å². The Morgan fingerprint density at radius 1 is 1.17 bits per heavy atom. The Morgan fingerprint density at radius 3 is 2.56 bits per heavy atom. The van der Waals surface area contributed by atoms with Gasteiger partial charge in [-0.2, -0.15) is 11.8 Å². The zero-order chi connectivity index (χ0) is 13.0. The van der Waals surface area contributed by atoms with E-state index in [1.54, 1.807) is 0 Å². The molecule has 0 amide bonds. The average Bonchev–Trinajstić information content (AvgIpc) is 2.38. The van der Waals surface area contributed by atoms with Crippen LogP contribution >= 0.6 is 11.8 Å². The summed E-state index contributed by atoms with van der Waals surface area (Å²) in [6.07, 6.45) is 2.71. The Bertz CT molecular complexity index is 351. The van der Waals surface area contributed by atoms with Crippen molar-refractivity contribution >= 4 is 11.8 Å². The topological polar surface area (TPSA) is 12.0 Å². The summed E-state index contributed by atoms with van der Waals surface area (Å²) in [5, 5.41) is 4.29. The minimum Gasteiger partial charge on any atom is -0.316 e. The van der Waals surface area contributed by atoms with Crippen LogP contribution in [0.15, 0.2) is 30.3 Å². The van der Waals surface area contributed by atoms with E-state index in [-0.39, 0.29) is 0 Å². The second-order valence-corrected chi connectivity index (χ2v) is 6.88. The predicted octanol–water partition coefficient (Wildman–Crippen LogP) is 3.94. The molecule has 4 unspecified atom stereocenters. The van der Waals surface area contributed by atoms with Crippen LogP contribution in [0.1, 0.15) is 32.3 Å². The molecule has 1 aromatic rings. The first-order chi connectivity index (χ1) is 8.70. The largest absolute Gasteiger partial charge is 0.316 e. The Hall–Kier alpha value is -0.470. The van der Waals surface area contributed by atoms with Crippen molar-refractivity contribution in [3.05, 3.63) is 35.9 Å². The van der Waals surface area contributed by atoms with Crippen molar-refractivity contribution in [2.24, 2.45) is 11.8 Å². The van der Waals surface area contributed by atoms with Crippen molar-refractivity contribution in [1.29, 1.82) is 0 Å². The van der Waals surface area contributed by atoms with Gasteiger partial charge in [0.2, 0.25) is 0 Å². The number of hydrogen-bond acceptors (Lipinski definition) is 2. The Labute approximate surface area is 116 Å². The highest BCUT2D eigenvalue weighted by molar-refractivity contribution is 7.99. The van der Waals surface area contributed by atoms with Gasteiger partial charge in [0.05, 0.1) is 0 Å². The predicted molar refractivity (Wildman–Crippen MR) is 81.9 cm³/mol. The van der Waals surface area contributed by atoms with Crippen LogP contribution in [0.2, 0.25) is 0 Å². The highest BCUT2D eigenvalue weighted by Crippen LogP contribution is 2.37. The number of nitrogens with one attached hydrogen (secondary N) is 1. The Kier molecular flexibility index (Phi) is 5.13. The molecule has 1 nitrogen and oxygen atoms in total. The van der Waals surface area contributed by atoms with E-state index in [0.29, 0.717) is 6.04 Å². The van der Waals surface area contributed by atoms with Gasteiger partial charge < -0.3 is 5.32 Å². The van der Waals surface area contributed by atoms with Crippen LogP contribution in [0.3, 0.4) is 0 Å². The van der Waals surface area contributed by atoms with Gasteiger partial charge in [0, 0.05) is 17.0 Å². The molecule has 2 heteroatoms. The molecular formula is C16H25NS. The summed E-state index contributed by atoms with van der Waals surface area (Å²) >= 11 is 2.13. The molecule has 0 aromatic heterocycles. The molecule has 1 aliphatic rings. The molecule has 18 heavy (non-hydrogen) atoms. The fourth-order valence-electron chi connectivity index (χ4n) is 3.16. The molecule has 0 aliphatic heterocycles. The zero-order valence-corrected chi connectivity index (χ0v) is 12.5. The second-order valence-electron chi connectivity index (χ2n) is 5.71. The lowest BCUT2D eigenvalue weighted by atomic mass is 9.80. The minimum absolute atomic E-state index is 0.678. The average molecular weight is 263 g/mol. The second kappa shape index (κ2) is 6.63. The van der Waals surface area contributed by atoms with Crippen LogP contribution in [0.4, 0.5) is 0 Å². The molecule has 1 N–H and O–H groups in total. The van der Waals surface area contributed by atoms with Crippen LogP contribution in [0.5, 0.6) is 0 Å². The summed E-state index contributed by atoms with van der Waals surface area (Å²) in [7, 11) is 2.12. The van der Waals surface area contributed by atoms with Gasteiger partial charge in [0.1, 0.15) is 0 Å². The van der Waals surface area contributed by atoms with Gasteiger partial charge in [0.25, 0.3) is 0 Å². The van der Waals surface area contributed by atoms with Gasteiger partial charge in [-0.25, -0.2) is 0 Å². The monoisotopic (exact) mass is 263 g/mol. The maximum atomic E-state index is 3.53. The molecule has 100 valence electrons. The van der Waals surface area contributed by atoms with Crippen molar-refractivity contribution in [2.75, 3.05) is 7.05 Å². The SMILES string of the molecule is CNC1CC(C)CC(C)C1SCc1ccccc1. The van der Waals surface area contributed by atoms with Gasteiger partial charge in [-0.15, -0.1) is 0 Å². The van der Waals surface area contributed by atoms with Gasteiger partial charge in [0.15, 0.2) is 0 Å². The summed E-state index contributed by atoms with van der Waals surface area (Å²) in [5.74, 6) is 2.83. The van der Waals surface area contributed by atoms with Crippen LogP contribution in [-0.4, -0.2) is 18.3 Å². The summed E-state index contributed by atoms with van der Waals surface area (Å²) in [5.41, 5.74) is 1.45. The van der Waals surface area contributed by atoms with Crippen LogP contribution in [0, 0.1) is 11.8 Å². The van der Waals surface area contributed by atoms with E-state index >= 15 is 0 Å². The zero-order valence-electron chi connectivity index (χ0n) is 11.7. The summed E-state index contributed by atoms with van der Waals surface area (Å²) in [6, 6.07) is 11.5. The van der Waals surface area contributed by atoms with E-state index in [1.165, 1.54) is 18.4 Å². The Balaban J connectivity index is 1.94. The number of rotatable bonds is 4. The van der Waals surface area contributed by atoms with Gasteiger partial charge in [-0.1, -0.05) is 44.2 Å². The Morgan fingerprint density at radius 2 is 1.89 bits per heavy atom. The molecule has 0 heterocycles. The quantitative estimate of drug-likeness (QED) is 0.883. The number of thioether (sulfide) groups is 1.